The molecule has 1 heteroatoms. The summed E-state index contributed by atoms with van der Waals surface area (Å²) in [6, 6.07) is 42.3. The van der Waals surface area contributed by atoms with Crippen molar-refractivity contribution in [2.75, 3.05) is 5.32 Å². The molecule has 7 rings (SSSR count). The van der Waals surface area contributed by atoms with E-state index in [4.69, 9.17) is 0 Å². The van der Waals surface area contributed by atoms with Gasteiger partial charge in [0, 0.05) is 22.2 Å². The molecular weight excluding hydrogens is 434 g/mol. The zero-order chi connectivity index (χ0) is 24.5. The quantitative estimate of drug-likeness (QED) is 0.281. The molecule has 0 unspecified atom stereocenters. The Balaban J connectivity index is 1.29. The van der Waals surface area contributed by atoms with Crippen molar-refractivity contribution in [2.45, 2.75) is 31.6 Å². The maximum Gasteiger partial charge on any atom is 0.0436 e. The standard InChI is InChI=1S/C35H29N/c1-34(2)30-16-7-4-13-26(30)29-20-19-25(22-33(29)34)36-24-12-10-11-23(21-24)35(3)31-17-8-5-14-27(31)28-15-6-9-18-32(28)35/h4-22,36H,1-3H3. The minimum Gasteiger partial charge on any atom is -0.356 e. The van der Waals surface area contributed by atoms with Crippen molar-refractivity contribution in [3.63, 3.8) is 0 Å². The highest BCUT2D eigenvalue weighted by atomic mass is 14.9. The van der Waals surface area contributed by atoms with Gasteiger partial charge in [-0.1, -0.05) is 105 Å². The monoisotopic (exact) mass is 463 g/mol. The van der Waals surface area contributed by atoms with Gasteiger partial charge in [0.1, 0.15) is 0 Å². The van der Waals surface area contributed by atoms with E-state index in [9.17, 15) is 0 Å². The van der Waals surface area contributed by atoms with E-state index in [0.717, 1.165) is 11.4 Å². The number of benzene rings is 5. The molecule has 36 heavy (non-hydrogen) atoms. The molecule has 0 saturated carbocycles. The zero-order valence-corrected chi connectivity index (χ0v) is 21.0. The van der Waals surface area contributed by atoms with Gasteiger partial charge < -0.3 is 5.32 Å². The molecule has 2 aliphatic carbocycles. The van der Waals surface area contributed by atoms with Gasteiger partial charge in [-0.25, -0.2) is 0 Å². The lowest BCUT2D eigenvalue weighted by Gasteiger charge is -2.29. The molecule has 1 nitrogen and oxygen atoms in total. The third-order valence-electron chi connectivity index (χ3n) is 8.53. The molecule has 0 aliphatic heterocycles. The number of hydrogen-bond donors (Lipinski definition) is 1. The summed E-state index contributed by atoms with van der Waals surface area (Å²) in [5, 5.41) is 3.73. The Labute approximate surface area is 213 Å². The number of anilines is 2. The Morgan fingerprint density at radius 3 is 1.64 bits per heavy atom. The van der Waals surface area contributed by atoms with Crippen molar-refractivity contribution >= 4 is 11.4 Å². The van der Waals surface area contributed by atoms with Gasteiger partial charge in [0.2, 0.25) is 0 Å². The maximum atomic E-state index is 3.73. The summed E-state index contributed by atoms with van der Waals surface area (Å²) in [4.78, 5) is 0. The minimum atomic E-state index is -0.188. The van der Waals surface area contributed by atoms with Gasteiger partial charge in [-0.2, -0.15) is 0 Å². The van der Waals surface area contributed by atoms with E-state index >= 15 is 0 Å². The van der Waals surface area contributed by atoms with Crippen LogP contribution < -0.4 is 5.32 Å². The molecule has 0 bridgehead atoms. The molecule has 5 aromatic rings. The number of hydrogen-bond acceptors (Lipinski definition) is 1. The van der Waals surface area contributed by atoms with Gasteiger partial charge in [0.25, 0.3) is 0 Å². The second-order valence-electron chi connectivity index (χ2n) is 10.9. The van der Waals surface area contributed by atoms with Crippen molar-refractivity contribution in [1.82, 2.24) is 0 Å². The molecule has 5 aromatic carbocycles. The Morgan fingerprint density at radius 2 is 0.972 bits per heavy atom. The van der Waals surface area contributed by atoms with Crippen LogP contribution in [0.5, 0.6) is 0 Å². The van der Waals surface area contributed by atoms with Crippen LogP contribution in [0.15, 0.2) is 115 Å². The van der Waals surface area contributed by atoms with Gasteiger partial charge in [-0.05, 0) is 81.3 Å². The third-order valence-corrected chi connectivity index (χ3v) is 8.53. The van der Waals surface area contributed by atoms with Gasteiger partial charge in [0.05, 0.1) is 0 Å². The van der Waals surface area contributed by atoms with Crippen LogP contribution in [0.3, 0.4) is 0 Å². The Morgan fingerprint density at radius 1 is 0.444 bits per heavy atom. The van der Waals surface area contributed by atoms with Crippen LogP contribution in [0, 0.1) is 0 Å². The number of nitrogens with one attached hydrogen (secondary N) is 1. The van der Waals surface area contributed by atoms with Crippen LogP contribution in [0.1, 0.15) is 48.6 Å². The molecule has 0 aromatic heterocycles. The number of fused-ring (bicyclic) bond motifs is 6. The fourth-order valence-electron chi connectivity index (χ4n) is 6.62. The van der Waals surface area contributed by atoms with E-state index < -0.39 is 0 Å². The zero-order valence-electron chi connectivity index (χ0n) is 21.0. The fourth-order valence-corrected chi connectivity index (χ4v) is 6.62. The lowest BCUT2D eigenvalue weighted by Crippen LogP contribution is -2.22. The van der Waals surface area contributed by atoms with Crippen molar-refractivity contribution in [3.8, 4) is 22.3 Å². The summed E-state index contributed by atoms with van der Waals surface area (Å²) in [7, 11) is 0. The van der Waals surface area contributed by atoms with Crippen molar-refractivity contribution in [1.29, 1.82) is 0 Å². The highest BCUT2D eigenvalue weighted by molar-refractivity contribution is 5.84. The van der Waals surface area contributed by atoms with Crippen LogP contribution in [0.2, 0.25) is 0 Å². The summed E-state index contributed by atoms with van der Waals surface area (Å²) < 4.78 is 0. The molecule has 174 valence electrons. The molecular formula is C35H29N. The van der Waals surface area contributed by atoms with Crippen molar-refractivity contribution < 1.29 is 0 Å². The smallest absolute Gasteiger partial charge is 0.0436 e. The lowest BCUT2D eigenvalue weighted by molar-refractivity contribution is 0.660. The Bertz CT molecular complexity index is 1610. The van der Waals surface area contributed by atoms with Crippen LogP contribution in [0.25, 0.3) is 22.3 Å². The molecule has 0 fully saturated rings. The number of rotatable bonds is 3. The van der Waals surface area contributed by atoms with E-state index in [1.807, 2.05) is 0 Å². The maximum absolute atomic E-state index is 3.73. The first kappa shape index (κ1) is 21.2. The molecule has 0 radical (unpaired) electrons. The van der Waals surface area contributed by atoms with Gasteiger partial charge >= 0.3 is 0 Å². The molecule has 0 spiro atoms. The minimum absolute atomic E-state index is 0.00376. The summed E-state index contributed by atoms with van der Waals surface area (Å²) in [6.07, 6.45) is 0. The lowest BCUT2D eigenvalue weighted by atomic mass is 9.74. The molecule has 0 atom stereocenters. The van der Waals surface area contributed by atoms with Gasteiger partial charge in [0.15, 0.2) is 0 Å². The summed E-state index contributed by atoms with van der Waals surface area (Å²) in [5.41, 5.74) is 14.3. The topological polar surface area (TPSA) is 12.0 Å². The average Bonchev–Trinajstić information content (AvgIpc) is 3.31. The van der Waals surface area contributed by atoms with Crippen LogP contribution in [0.4, 0.5) is 11.4 Å². The Hall–Kier alpha value is -4.10. The van der Waals surface area contributed by atoms with Crippen molar-refractivity contribution in [3.05, 3.63) is 143 Å². The predicted octanol–water partition coefficient (Wildman–Crippen LogP) is 9.07. The summed E-state index contributed by atoms with van der Waals surface area (Å²) in [5.74, 6) is 0. The molecule has 0 heterocycles. The van der Waals surface area contributed by atoms with Gasteiger partial charge in [-0.3, -0.25) is 0 Å². The normalized spacial score (nSPS) is 15.5. The van der Waals surface area contributed by atoms with Crippen LogP contribution in [-0.2, 0) is 10.8 Å². The highest BCUT2D eigenvalue weighted by Crippen LogP contribution is 2.53. The van der Waals surface area contributed by atoms with E-state index in [2.05, 4.69) is 141 Å². The van der Waals surface area contributed by atoms with E-state index in [-0.39, 0.29) is 10.8 Å². The van der Waals surface area contributed by atoms with E-state index in [1.54, 1.807) is 0 Å². The second kappa shape index (κ2) is 7.45. The second-order valence-corrected chi connectivity index (χ2v) is 10.9. The largest absolute Gasteiger partial charge is 0.356 e. The average molecular weight is 464 g/mol. The summed E-state index contributed by atoms with van der Waals surface area (Å²) >= 11 is 0. The summed E-state index contributed by atoms with van der Waals surface area (Å²) in [6.45, 7) is 7.03. The van der Waals surface area contributed by atoms with E-state index in [0.29, 0.717) is 0 Å². The van der Waals surface area contributed by atoms with Crippen LogP contribution in [-0.4, -0.2) is 0 Å². The first-order valence-corrected chi connectivity index (χ1v) is 12.8. The first-order chi connectivity index (χ1) is 17.5. The van der Waals surface area contributed by atoms with Crippen LogP contribution >= 0.6 is 0 Å². The fraction of sp³-hybridized carbons (Fsp3) is 0.143. The predicted molar refractivity (Wildman–Crippen MR) is 151 cm³/mol. The van der Waals surface area contributed by atoms with Gasteiger partial charge in [-0.15, -0.1) is 0 Å². The molecule has 0 amide bonds. The SMILES string of the molecule is CC1(C)c2ccccc2-c2ccc(Nc3cccc(C4(C)c5ccccc5-c5ccccc54)c3)cc21. The van der Waals surface area contributed by atoms with E-state index in [1.165, 1.54) is 50.1 Å². The molecule has 2 aliphatic rings. The Kier molecular flexibility index (Phi) is 4.39. The first-order valence-electron chi connectivity index (χ1n) is 12.8. The van der Waals surface area contributed by atoms with Crippen molar-refractivity contribution in [2.24, 2.45) is 0 Å². The third kappa shape index (κ3) is 2.83. The molecule has 1 N–H and O–H groups in total. The molecule has 0 saturated heterocycles. The highest BCUT2D eigenvalue weighted by Gasteiger charge is 2.40.